The van der Waals surface area contributed by atoms with E-state index in [1.807, 2.05) is 18.2 Å². The predicted octanol–water partition coefficient (Wildman–Crippen LogP) is 17.7. The van der Waals surface area contributed by atoms with E-state index in [-0.39, 0.29) is 37.3 Å². The number of nitrogens with zero attached hydrogens (tertiary/aromatic N) is 4. The van der Waals surface area contributed by atoms with Crippen molar-refractivity contribution in [2.75, 3.05) is 0 Å². The summed E-state index contributed by atoms with van der Waals surface area (Å²) in [7, 11) is 0. The molecule has 0 aliphatic carbocycles. The summed E-state index contributed by atoms with van der Waals surface area (Å²) in [6.07, 6.45) is 2.24. The van der Waals surface area contributed by atoms with Crippen molar-refractivity contribution in [1.82, 2.24) is 18.5 Å². The van der Waals surface area contributed by atoms with Crippen molar-refractivity contribution in [3.63, 3.8) is 0 Å². The van der Waals surface area contributed by atoms with Crippen LogP contribution in [0.15, 0.2) is 187 Å². The van der Waals surface area contributed by atoms with Crippen molar-refractivity contribution < 1.29 is 25.5 Å². The third-order valence-electron chi connectivity index (χ3n) is 14.3. The van der Waals surface area contributed by atoms with E-state index in [4.69, 9.17) is 9.40 Å². The van der Waals surface area contributed by atoms with E-state index in [0.29, 0.717) is 11.2 Å². The van der Waals surface area contributed by atoms with Gasteiger partial charge < -0.3 is 18.0 Å². The molecule has 0 fully saturated rings. The minimum absolute atomic E-state index is 0. The molecule has 0 unspecified atom stereocenters. The summed E-state index contributed by atoms with van der Waals surface area (Å²) in [6, 6.07) is 71.4. The van der Waals surface area contributed by atoms with Crippen LogP contribution in [0, 0.1) is 12.1 Å². The van der Waals surface area contributed by atoms with Crippen molar-refractivity contribution in [3.05, 3.63) is 211 Å². The number of rotatable bonds is 1. The monoisotopic (exact) mass is 1120 g/mol. The fourth-order valence-corrected chi connectivity index (χ4v) is 10.3. The van der Waals surface area contributed by atoms with Gasteiger partial charge in [0.25, 0.3) is 0 Å². The van der Waals surface area contributed by atoms with Gasteiger partial charge in [-0.3, -0.25) is 0 Å². The topological polar surface area (TPSA) is 40.3 Å². The van der Waals surface area contributed by atoms with E-state index in [2.05, 4.69) is 252 Å². The molecule has 0 N–H and O–H groups in total. The van der Waals surface area contributed by atoms with Crippen LogP contribution in [0.1, 0.15) is 79.0 Å². The van der Waals surface area contributed by atoms with Crippen molar-refractivity contribution in [2.24, 2.45) is 0 Å². The number of benzene rings is 8. The van der Waals surface area contributed by atoms with Crippen LogP contribution in [0.2, 0.25) is 0 Å². The molecule has 3 aromatic heterocycles. The molecule has 72 heavy (non-hydrogen) atoms. The van der Waals surface area contributed by atoms with Crippen LogP contribution in [0.4, 0.5) is 0 Å². The van der Waals surface area contributed by atoms with Gasteiger partial charge in [-0.05, 0) is 112 Å². The third-order valence-corrected chi connectivity index (χ3v) is 14.3. The van der Waals surface area contributed by atoms with Crippen molar-refractivity contribution in [1.29, 1.82) is 0 Å². The SMILES string of the molecule is CC(C)(C)c1cccc(-c2cc(C(C)(C)C)cc3c4ccccc4c4cccc(c4)c4cc(C(C)(C)C)cc(n4)n4c5[c-]c(ccc5c5ccccc54)oc4[c-]c(ccc4)n4[cH-]n(c23)-c2ccccc2-4)c1.[Pt]. The van der Waals surface area contributed by atoms with E-state index < -0.39 is 0 Å². The molecule has 0 spiro atoms. The number of para-hydroxylation sites is 3. The van der Waals surface area contributed by atoms with Gasteiger partial charge in [0, 0.05) is 49.5 Å². The number of hydrogen-bond acceptors (Lipinski definition) is 2. The minimum atomic E-state index is -0.167. The summed E-state index contributed by atoms with van der Waals surface area (Å²) in [6.45, 7) is 20.7. The summed E-state index contributed by atoms with van der Waals surface area (Å²) in [4.78, 5) is 5.57. The molecule has 4 heterocycles. The molecule has 0 saturated heterocycles. The zero-order valence-corrected chi connectivity index (χ0v) is 44.6. The van der Waals surface area contributed by atoms with Gasteiger partial charge in [0.15, 0.2) is 0 Å². The summed E-state index contributed by atoms with van der Waals surface area (Å²) >= 11 is 0. The van der Waals surface area contributed by atoms with E-state index in [1.54, 1.807) is 0 Å². The number of pyridine rings is 1. The Morgan fingerprint density at radius 1 is 0.472 bits per heavy atom. The quantitative estimate of drug-likeness (QED) is 0.154. The standard InChI is InChI=1S/C66H57N4O.Pt/c1-64(2,3)45-22-17-20-43(34-45)55-35-46(65(4,5)6)36-56-52-26-11-10-25-51(52)42-19-16-21-44(33-42)57-37-47(66(7,8)9)38-62(67-57)70-58-28-13-12-27-53(58)54-32-31-50(40-61(54)70)71-49-24-18-23-48(39-49)68-41-69(63(55)56)60-30-15-14-29-59(60)68;/h10-38,41H,1-9H3;/q-3;. The van der Waals surface area contributed by atoms with Gasteiger partial charge >= 0.3 is 0 Å². The summed E-state index contributed by atoms with van der Waals surface area (Å²) < 4.78 is 13.7. The first-order valence-electron chi connectivity index (χ1n) is 24.8. The van der Waals surface area contributed by atoms with E-state index in [0.717, 1.165) is 87.9 Å². The number of hydrogen-bond donors (Lipinski definition) is 0. The van der Waals surface area contributed by atoms with Crippen LogP contribution >= 0.6 is 0 Å². The second-order valence-corrected chi connectivity index (χ2v) is 22.3. The van der Waals surface area contributed by atoms with Crippen LogP contribution in [-0.2, 0) is 37.3 Å². The second kappa shape index (κ2) is 17.5. The van der Waals surface area contributed by atoms with E-state index in [1.165, 1.54) is 22.3 Å². The molecule has 12 rings (SSSR count). The fourth-order valence-electron chi connectivity index (χ4n) is 10.3. The van der Waals surface area contributed by atoms with Gasteiger partial charge in [0.2, 0.25) is 0 Å². The normalized spacial score (nSPS) is 12.4. The Labute approximate surface area is 435 Å². The summed E-state index contributed by atoms with van der Waals surface area (Å²) in [5, 5.41) is 7.79. The maximum atomic E-state index is 6.79. The van der Waals surface area contributed by atoms with Crippen LogP contribution in [0.25, 0.3) is 105 Å². The Bertz CT molecular complexity index is 4240. The number of imidazole rings is 1. The molecule has 5 nitrogen and oxygen atoms in total. The van der Waals surface area contributed by atoms with E-state index in [9.17, 15) is 0 Å². The van der Waals surface area contributed by atoms with Gasteiger partial charge in [-0.15, -0.1) is 29.1 Å². The van der Waals surface area contributed by atoms with Crippen LogP contribution < -0.4 is 0 Å². The Kier molecular flexibility index (Phi) is 11.4. The van der Waals surface area contributed by atoms with E-state index >= 15 is 0 Å². The molecule has 10 bridgehead atoms. The molecule has 360 valence electrons. The first-order valence-corrected chi connectivity index (χ1v) is 24.8. The third kappa shape index (κ3) is 8.18. The Balaban J connectivity index is 0.00000560. The minimum Gasteiger partial charge on any atom is -0.510 e. The molecule has 11 aromatic rings. The molecule has 0 amide bonds. The average Bonchev–Trinajstić information content (AvgIpc) is 3.91. The smallest absolute Gasteiger partial charge is 0.136 e. The van der Waals surface area contributed by atoms with Crippen molar-refractivity contribution in [2.45, 2.75) is 78.6 Å². The largest absolute Gasteiger partial charge is 0.510 e. The zero-order valence-electron chi connectivity index (χ0n) is 42.3. The van der Waals surface area contributed by atoms with Gasteiger partial charge in [0.05, 0.1) is 5.52 Å². The maximum absolute atomic E-state index is 6.79. The summed E-state index contributed by atoms with van der Waals surface area (Å²) in [5.74, 6) is 0. The van der Waals surface area contributed by atoms with Gasteiger partial charge in [0.1, 0.15) is 5.65 Å². The maximum Gasteiger partial charge on any atom is 0.136 e. The molecular weight excluding hydrogens is 1060 g/mol. The Morgan fingerprint density at radius 3 is 1.88 bits per heavy atom. The van der Waals surface area contributed by atoms with Crippen LogP contribution in [0.3, 0.4) is 0 Å². The molecular formula is C66H57N4OPt-3. The van der Waals surface area contributed by atoms with Crippen LogP contribution in [0.5, 0.6) is 0 Å². The van der Waals surface area contributed by atoms with Crippen LogP contribution in [-0.4, -0.2) is 18.5 Å². The molecule has 0 radical (unpaired) electrons. The van der Waals surface area contributed by atoms with Gasteiger partial charge in [-0.2, -0.15) is 24.3 Å². The van der Waals surface area contributed by atoms with Crippen molar-refractivity contribution >= 4 is 82.1 Å². The molecule has 8 aromatic carbocycles. The zero-order chi connectivity index (χ0) is 49.0. The predicted molar refractivity (Wildman–Crippen MR) is 299 cm³/mol. The molecule has 1 aliphatic rings. The molecule has 1 aliphatic heterocycles. The number of fused-ring (bicyclic) bond motifs is 23. The average molecular weight is 1120 g/mol. The number of aromatic nitrogens is 4. The Hall–Kier alpha value is -7.33. The fraction of sp³-hybridized carbons (Fsp3) is 0.182. The van der Waals surface area contributed by atoms with Gasteiger partial charge in [-0.1, -0.05) is 189 Å². The van der Waals surface area contributed by atoms with Crippen molar-refractivity contribution in [3.8, 4) is 22.5 Å². The molecule has 0 saturated carbocycles. The molecule has 6 heteroatoms. The first-order chi connectivity index (χ1) is 34.1. The van der Waals surface area contributed by atoms with Gasteiger partial charge in [-0.25, -0.2) is 4.98 Å². The summed E-state index contributed by atoms with van der Waals surface area (Å²) in [5.41, 5.74) is 14.6. The first kappa shape index (κ1) is 47.0. The second-order valence-electron chi connectivity index (χ2n) is 22.3. The Morgan fingerprint density at radius 2 is 1.11 bits per heavy atom. The molecule has 0 atom stereocenters.